The molecule has 6 nitrogen and oxygen atoms in total. The van der Waals surface area contributed by atoms with Crippen LogP contribution in [0.2, 0.25) is 0 Å². The van der Waals surface area contributed by atoms with E-state index in [9.17, 15) is 9.90 Å². The number of nitrogens with one attached hydrogen (secondary N) is 1. The number of aliphatic hydroxyl groups excluding tert-OH is 1. The van der Waals surface area contributed by atoms with Crippen LogP contribution in [-0.2, 0) is 11.3 Å². The molecule has 1 amide bonds. The number of amides is 1. The molecule has 0 saturated carbocycles. The number of rotatable bonds is 4. The van der Waals surface area contributed by atoms with E-state index in [0.29, 0.717) is 18.1 Å². The second kappa shape index (κ2) is 6.44. The molecule has 106 valence electrons. The smallest absolute Gasteiger partial charge is 0.275 e. The van der Waals surface area contributed by atoms with Crippen molar-refractivity contribution in [2.75, 3.05) is 26.4 Å². The van der Waals surface area contributed by atoms with Crippen LogP contribution >= 0.6 is 11.3 Å². The minimum absolute atomic E-state index is 0.0276. The summed E-state index contributed by atoms with van der Waals surface area (Å²) in [6.45, 7) is 4.81. The van der Waals surface area contributed by atoms with E-state index in [2.05, 4.69) is 10.3 Å². The largest absolute Gasteiger partial charge is 0.395 e. The monoisotopic (exact) mass is 285 g/mol. The van der Waals surface area contributed by atoms with E-state index in [1.54, 1.807) is 0 Å². The number of carbonyl (C=O) groups is 1. The van der Waals surface area contributed by atoms with Crippen molar-refractivity contribution in [1.29, 1.82) is 0 Å². The Hall–Kier alpha value is -0.990. The first-order valence-electron chi connectivity index (χ1n) is 6.18. The van der Waals surface area contributed by atoms with Gasteiger partial charge in [-0.1, -0.05) is 0 Å². The highest BCUT2D eigenvalue weighted by Crippen LogP contribution is 2.24. The topological polar surface area (TPSA) is 87.8 Å². The average Bonchev–Trinajstić information content (AvgIpc) is 2.80. The number of hydrazine groups is 1. The summed E-state index contributed by atoms with van der Waals surface area (Å²) in [5, 5.41) is 9.34. The van der Waals surface area contributed by atoms with E-state index in [0.717, 1.165) is 23.5 Å². The number of hydrogen-bond donors (Lipinski definition) is 3. The fraction of sp³-hybridized carbons (Fsp3) is 0.583. The minimum Gasteiger partial charge on any atom is -0.395 e. The minimum atomic E-state index is -0.264. The van der Waals surface area contributed by atoms with Gasteiger partial charge in [0.15, 0.2) is 0 Å². The Kier molecular flexibility index (Phi) is 4.89. The van der Waals surface area contributed by atoms with Gasteiger partial charge in [0.25, 0.3) is 5.91 Å². The summed E-state index contributed by atoms with van der Waals surface area (Å²) in [5.41, 5.74) is 3.24. The Labute approximate surface area is 116 Å². The van der Waals surface area contributed by atoms with Crippen molar-refractivity contribution in [2.24, 2.45) is 5.84 Å². The number of thiophene rings is 1. The van der Waals surface area contributed by atoms with Crippen LogP contribution in [0, 0.1) is 6.92 Å². The molecule has 1 atom stereocenters. The lowest BCUT2D eigenvalue weighted by atomic mass is 10.1. The summed E-state index contributed by atoms with van der Waals surface area (Å²) in [7, 11) is 0. The molecule has 1 saturated heterocycles. The number of nitrogens with two attached hydrogens (primary N) is 1. The van der Waals surface area contributed by atoms with Gasteiger partial charge in [-0.2, -0.15) is 0 Å². The molecule has 1 fully saturated rings. The molecule has 19 heavy (non-hydrogen) atoms. The highest BCUT2D eigenvalue weighted by Gasteiger charge is 2.23. The van der Waals surface area contributed by atoms with Gasteiger partial charge < -0.3 is 9.84 Å². The predicted octanol–water partition coefficient (Wildman–Crippen LogP) is -0.147. The molecule has 0 spiro atoms. The standard InChI is InChI=1S/C12H19N3O3S/c1-8-9(4-11(19-8)12(17)14-13)5-15-2-3-18-7-10(15)6-16/h4,10,16H,2-3,5-7,13H2,1H3,(H,14,17). The van der Waals surface area contributed by atoms with Crippen molar-refractivity contribution in [3.8, 4) is 0 Å². The molecule has 1 aliphatic rings. The highest BCUT2D eigenvalue weighted by molar-refractivity contribution is 7.14. The first-order valence-corrected chi connectivity index (χ1v) is 7.00. The molecule has 1 unspecified atom stereocenters. The van der Waals surface area contributed by atoms with E-state index in [1.807, 2.05) is 13.0 Å². The lowest BCUT2D eigenvalue weighted by Gasteiger charge is -2.34. The summed E-state index contributed by atoms with van der Waals surface area (Å²) >= 11 is 1.43. The van der Waals surface area contributed by atoms with Gasteiger partial charge in [-0.25, -0.2) is 5.84 Å². The third-order valence-electron chi connectivity index (χ3n) is 3.31. The quantitative estimate of drug-likeness (QED) is 0.407. The normalized spacial score (nSPS) is 20.5. The van der Waals surface area contributed by atoms with Gasteiger partial charge in [0.05, 0.1) is 30.7 Å². The highest BCUT2D eigenvalue weighted by atomic mass is 32.1. The lowest BCUT2D eigenvalue weighted by Crippen LogP contribution is -2.46. The Morgan fingerprint density at radius 2 is 2.53 bits per heavy atom. The molecule has 4 N–H and O–H groups in total. The Balaban J connectivity index is 2.09. The van der Waals surface area contributed by atoms with Crippen LogP contribution in [0.4, 0.5) is 0 Å². The Morgan fingerprint density at radius 1 is 1.74 bits per heavy atom. The van der Waals surface area contributed by atoms with Crippen LogP contribution in [0.3, 0.4) is 0 Å². The Bertz CT molecular complexity index is 449. The van der Waals surface area contributed by atoms with Gasteiger partial charge in [0, 0.05) is 18.0 Å². The molecule has 1 aromatic heterocycles. The predicted molar refractivity (Wildman–Crippen MR) is 72.8 cm³/mol. The number of aliphatic hydroxyl groups is 1. The summed E-state index contributed by atoms with van der Waals surface area (Å²) in [4.78, 5) is 15.4. The van der Waals surface area contributed by atoms with Crippen LogP contribution in [0.25, 0.3) is 0 Å². The zero-order valence-corrected chi connectivity index (χ0v) is 11.7. The van der Waals surface area contributed by atoms with Crippen molar-refractivity contribution in [2.45, 2.75) is 19.5 Å². The maximum Gasteiger partial charge on any atom is 0.275 e. The van der Waals surface area contributed by atoms with Crippen molar-refractivity contribution < 1.29 is 14.6 Å². The van der Waals surface area contributed by atoms with Crippen LogP contribution in [0.5, 0.6) is 0 Å². The number of nitrogens with zero attached hydrogens (tertiary/aromatic N) is 1. The van der Waals surface area contributed by atoms with Crippen LogP contribution < -0.4 is 11.3 Å². The van der Waals surface area contributed by atoms with Crippen molar-refractivity contribution in [1.82, 2.24) is 10.3 Å². The summed E-state index contributed by atoms with van der Waals surface area (Å²) in [6, 6.07) is 1.89. The average molecular weight is 285 g/mol. The summed E-state index contributed by atoms with van der Waals surface area (Å²) < 4.78 is 5.35. The molecule has 7 heteroatoms. The molecule has 0 bridgehead atoms. The second-order valence-electron chi connectivity index (χ2n) is 4.55. The molecular weight excluding hydrogens is 266 g/mol. The fourth-order valence-corrected chi connectivity index (χ4v) is 3.08. The maximum atomic E-state index is 11.5. The molecule has 2 heterocycles. The van der Waals surface area contributed by atoms with E-state index in [4.69, 9.17) is 10.6 Å². The first-order chi connectivity index (χ1) is 9.15. The fourth-order valence-electron chi connectivity index (χ4n) is 2.14. The number of carbonyl (C=O) groups excluding carboxylic acids is 1. The van der Waals surface area contributed by atoms with Gasteiger partial charge in [-0.3, -0.25) is 15.1 Å². The van der Waals surface area contributed by atoms with Crippen LogP contribution in [-0.4, -0.2) is 48.3 Å². The van der Waals surface area contributed by atoms with Gasteiger partial charge in [0.2, 0.25) is 0 Å². The number of hydrogen-bond acceptors (Lipinski definition) is 6. The van der Waals surface area contributed by atoms with Crippen LogP contribution in [0.1, 0.15) is 20.1 Å². The zero-order chi connectivity index (χ0) is 13.8. The Morgan fingerprint density at radius 3 is 3.21 bits per heavy atom. The third-order valence-corrected chi connectivity index (χ3v) is 4.40. The van der Waals surface area contributed by atoms with E-state index in [1.165, 1.54) is 11.3 Å². The third kappa shape index (κ3) is 3.31. The van der Waals surface area contributed by atoms with E-state index < -0.39 is 0 Å². The SMILES string of the molecule is Cc1sc(C(=O)NN)cc1CN1CCOCC1CO. The molecule has 0 aliphatic carbocycles. The molecule has 1 aliphatic heterocycles. The summed E-state index contributed by atoms with van der Waals surface area (Å²) in [5.74, 6) is 4.87. The molecular formula is C12H19N3O3S. The van der Waals surface area contributed by atoms with Gasteiger partial charge in [-0.05, 0) is 18.6 Å². The molecule has 0 radical (unpaired) electrons. The van der Waals surface area contributed by atoms with Crippen molar-refractivity contribution in [3.63, 3.8) is 0 Å². The lowest BCUT2D eigenvalue weighted by molar-refractivity contribution is -0.0312. The van der Waals surface area contributed by atoms with E-state index in [-0.39, 0.29) is 18.6 Å². The molecule has 1 aromatic rings. The number of morpholine rings is 1. The summed E-state index contributed by atoms with van der Waals surface area (Å²) in [6.07, 6.45) is 0. The molecule has 2 rings (SSSR count). The van der Waals surface area contributed by atoms with Gasteiger partial charge in [0.1, 0.15) is 0 Å². The van der Waals surface area contributed by atoms with Gasteiger partial charge in [-0.15, -0.1) is 11.3 Å². The van der Waals surface area contributed by atoms with Gasteiger partial charge >= 0.3 is 0 Å². The van der Waals surface area contributed by atoms with Crippen molar-refractivity contribution in [3.05, 3.63) is 21.4 Å². The number of nitrogen functional groups attached to an aromatic ring is 1. The molecule has 0 aromatic carbocycles. The zero-order valence-electron chi connectivity index (χ0n) is 10.9. The number of ether oxygens (including phenoxy) is 1. The second-order valence-corrected chi connectivity index (χ2v) is 5.80. The first kappa shape index (κ1) is 14.4. The van der Waals surface area contributed by atoms with Crippen LogP contribution in [0.15, 0.2) is 6.07 Å². The maximum absolute atomic E-state index is 11.5. The van der Waals surface area contributed by atoms with Crippen molar-refractivity contribution >= 4 is 17.2 Å². The van der Waals surface area contributed by atoms with E-state index >= 15 is 0 Å². The number of aryl methyl sites for hydroxylation is 1.